The maximum atomic E-state index is 12.3. The Labute approximate surface area is 205 Å². The number of aromatic nitrogens is 3. The molecule has 1 amide bonds. The van der Waals surface area contributed by atoms with E-state index in [4.69, 9.17) is 21.3 Å². The summed E-state index contributed by atoms with van der Waals surface area (Å²) in [5.41, 5.74) is 2.30. The van der Waals surface area contributed by atoms with Gasteiger partial charge in [0.25, 0.3) is 5.91 Å². The summed E-state index contributed by atoms with van der Waals surface area (Å²) >= 11 is 9.90. The number of hydrogen-bond donors (Lipinski definition) is 1. The normalized spacial score (nSPS) is 10.9. The van der Waals surface area contributed by atoms with Crippen LogP contribution < -0.4 is 10.1 Å². The van der Waals surface area contributed by atoms with Crippen LogP contribution in [-0.2, 0) is 4.79 Å². The summed E-state index contributed by atoms with van der Waals surface area (Å²) in [7, 11) is 1.78. The Morgan fingerprint density at radius 3 is 2.73 bits per heavy atom. The molecule has 0 saturated heterocycles. The van der Waals surface area contributed by atoms with Crippen molar-refractivity contribution in [3.63, 3.8) is 0 Å². The van der Waals surface area contributed by atoms with Crippen molar-refractivity contribution in [1.29, 1.82) is 0 Å². The summed E-state index contributed by atoms with van der Waals surface area (Å²) in [6, 6.07) is 18.8. The first kappa shape index (κ1) is 23.1. The zero-order valence-electron chi connectivity index (χ0n) is 18.0. The van der Waals surface area contributed by atoms with E-state index in [1.54, 1.807) is 22.7 Å². The second-order valence-corrected chi connectivity index (χ2v) is 8.69. The Hall–Kier alpha value is -3.10. The van der Waals surface area contributed by atoms with Crippen molar-refractivity contribution in [2.75, 3.05) is 32.1 Å². The van der Waals surface area contributed by atoms with Crippen LogP contribution in [0.1, 0.15) is 6.42 Å². The van der Waals surface area contributed by atoms with E-state index in [-0.39, 0.29) is 12.5 Å². The fraction of sp³-hybridized carbons (Fsp3) is 0.208. The number of ether oxygens (including phenoxy) is 1. The second kappa shape index (κ2) is 10.7. The van der Waals surface area contributed by atoms with Gasteiger partial charge >= 0.3 is 0 Å². The number of rotatable bonds is 9. The van der Waals surface area contributed by atoms with E-state index in [2.05, 4.69) is 26.3 Å². The molecule has 0 unspecified atom stereocenters. The molecule has 9 heteroatoms. The predicted octanol–water partition coefficient (Wildman–Crippen LogP) is 5.15. The Morgan fingerprint density at radius 1 is 1.18 bits per heavy atom. The molecule has 0 spiro atoms. The lowest BCUT2D eigenvalue weighted by molar-refractivity contribution is -0.132. The molecule has 1 N–H and O–H groups in total. The summed E-state index contributed by atoms with van der Waals surface area (Å²) in [5.74, 6) is 1.41. The van der Waals surface area contributed by atoms with Crippen molar-refractivity contribution >= 4 is 44.9 Å². The zero-order chi connectivity index (χ0) is 23.2. The van der Waals surface area contributed by atoms with E-state index in [1.807, 2.05) is 60.7 Å². The first-order valence-electron chi connectivity index (χ1n) is 10.5. The molecule has 0 aliphatic heterocycles. The standard InChI is InChI=1S/C24H23BrClN5O2/c1-30(23(32)16-33-17-8-3-2-4-9-17)13-7-12-27-22-14-21(18-10-5-6-11-20(18)26)29-24-19(25)15-28-31(22)24/h2-6,8-11,14-15,27H,7,12-13,16H2,1H3. The van der Waals surface area contributed by atoms with Crippen LogP contribution in [0.4, 0.5) is 5.82 Å². The second-order valence-electron chi connectivity index (χ2n) is 7.43. The topological polar surface area (TPSA) is 71.8 Å². The minimum Gasteiger partial charge on any atom is -0.484 e. The zero-order valence-corrected chi connectivity index (χ0v) is 20.4. The molecule has 2 aromatic carbocycles. The van der Waals surface area contributed by atoms with Crippen molar-refractivity contribution < 1.29 is 9.53 Å². The van der Waals surface area contributed by atoms with Crippen LogP contribution in [0.15, 0.2) is 71.3 Å². The molecular weight excluding hydrogens is 506 g/mol. The molecule has 0 bridgehead atoms. The number of halogens is 2. The van der Waals surface area contributed by atoms with Crippen LogP contribution in [-0.4, -0.2) is 52.1 Å². The summed E-state index contributed by atoms with van der Waals surface area (Å²) in [4.78, 5) is 18.7. The van der Waals surface area contributed by atoms with Crippen LogP contribution in [0.25, 0.3) is 16.9 Å². The van der Waals surface area contributed by atoms with E-state index < -0.39 is 0 Å². The van der Waals surface area contributed by atoms with Gasteiger partial charge < -0.3 is 15.0 Å². The molecule has 4 aromatic rings. The van der Waals surface area contributed by atoms with Gasteiger partial charge in [-0.25, -0.2) is 4.98 Å². The third-order valence-electron chi connectivity index (χ3n) is 5.09. The molecule has 0 aliphatic rings. The number of carbonyl (C=O) groups excluding carboxylic acids is 1. The summed E-state index contributed by atoms with van der Waals surface area (Å²) in [6.45, 7) is 1.26. The van der Waals surface area contributed by atoms with Crippen molar-refractivity contribution in [1.82, 2.24) is 19.5 Å². The summed E-state index contributed by atoms with van der Waals surface area (Å²) in [5, 5.41) is 8.44. The highest BCUT2D eigenvalue weighted by atomic mass is 79.9. The van der Waals surface area contributed by atoms with Crippen LogP contribution in [0.3, 0.4) is 0 Å². The minimum atomic E-state index is -0.0674. The number of anilines is 1. The van der Waals surface area contributed by atoms with E-state index >= 15 is 0 Å². The van der Waals surface area contributed by atoms with Gasteiger partial charge in [0.15, 0.2) is 12.3 Å². The highest BCUT2D eigenvalue weighted by Gasteiger charge is 2.14. The van der Waals surface area contributed by atoms with Gasteiger partial charge in [-0.3, -0.25) is 4.79 Å². The van der Waals surface area contributed by atoms with E-state index in [9.17, 15) is 4.79 Å². The number of hydrogen-bond acceptors (Lipinski definition) is 5. The van der Waals surface area contributed by atoms with Crippen LogP contribution in [0, 0.1) is 0 Å². The van der Waals surface area contributed by atoms with Crippen molar-refractivity contribution in [2.45, 2.75) is 6.42 Å². The fourth-order valence-corrected chi connectivity index (χ4v) is 3.88. The quantitative estimate of drug-likeness (QED) is 0.304. The monoisotopic (exact) mass is 527 g/mol. The van der Waals surface area contributed by atoms with Crippen LogP contribution in [0.5, 0.6) is 5.75 Å². The molecule has 7 nitrogen and oxygen atoms in total. The number of carbonyl (C=O) groups is 1. The van der Waals surface area contributed by atoms with E-state index in [0.29, 0.717) is 29.5 Å². The summed E-state index contributed by atoms with van der Waals surface area (Å²) in [6.07, 6.45) is 2.46. The largest absolute Gasteiger partial charge is 0.484 e. The lowest BCUT2D eigenvalue weighted by Crippen LogP contribution is -2.33. The van der Waals surface area contributed by atoms with Gasteiger partial charge in [0.2, 0.25) is 0 Å². The molecule has 170 valence electrons. The third kappa shape index (κ3) is 5.64. The number of amides is 1. The predicted molar refractivity (Wildman–Crippen MR) is 134 cm³/mol. The SMILES string of the molecule is CN(CCCNc1cc(-c2ccccc2Cl)nc2c(Br)cnn12)C(=O)COc1ccccc1. The lowest BCUT2D eigenvalue weighted by Gasteiger charge is -2.18. The first-order valence-corrected chi connectivity index (χ1v) is 11.6. The van der Waals surface area contributed by atoms with E-state index in [1.165, 1.54) is 0 Å². The minimum absolute atomic E-state index is 0.0153. The maximum Gasteiger partial charge on any atom is 0.260 e. The third-order valence-corrected chi connectivity index (χ3v) is 5.98. The molecule has 4 rings (SSSR count). The first-order chi connectivity index (χ1) is 16.0. The van der Waals surface area contributed by atoms with E-state index in [0.717, 1.165) is 28.0 Å². The number of nitrogens with one attached hydrogen (secondary N) is 1. The van der Waals surface area contributed by atoms with Gasteiger partial charge in [-0.15, -0.1) is 0 Å². The van der Waals surface area contributed by atoms with Crippen molar-refractivity contribution in [2.24, 2.45) is 0 Å². The average Bonchev–Trinajstić information content (AvgIpc) is 3.21. The smallest absolute Gasteiger partial charge is 0.260 e. The lowest BCUT2D eigenvalue weighted by atomic mass is 10.1. The Morgan fingerprint density at radius 2 is 1.94 bits per heavy atom. The summed E-state index contributed by atoms with van der Waals surface area (Å²) < 4.78 is 8.08. The van der Waals surface area contributed by atoms with Gasteiger partial charge in [0.05, 0.1) is 16.4 Å². The van der Waals surface area contributed by atoms with Crippen LogP contribution in [0.2, 0.25) is 5.02 Å². The van der Waals surface area contributed by atoms with Crippen LogP contribution >= 0.6 is 27.5 Å². The number of fused-ring (bicyclic) bond motifs is 1. The molecule has 0 saturated carbocycles. The number of likely N-dealkylation sites (N-methyl/N-ethyl adjacent to an activating group) is 1. The van der Waals surface area contributed by atoms with Gasteiger partial charge in [-0.2, -0.15) is 9.61 Å². The average molecular weight is 529 g/mol. The molecular formula is C24H23BrClN5O2. The number of benzene rings is 2. The Balaban J connectivity index is 1.37. The number of para-hydroxylation sites is 1. The highest BCUT2D eigenvalue weighted by Crippen LogP contribution is 2.30. The van der Waals surface area contributed by atoms with Gasteiger partial charge in [-0.1, -0.05) is 48.0 Å². The molecule has 33 heavy (non-hydrogen) atoms. The number of nitrogens with zero attached hydrogens (tertiary/aromatic N) is 4. The Bertz CT molecular complexity index is 1250. The maximum absolute atomic E-state index is 12.3. The Kier molecular flexibility index (Phi) is 7.47. The highest BCUT2D eigenvalue weighted by molar-refractivity contribution is 9.10. The molecule has 0 atom stereocenters. The molecule has 0 aliphatic carbocycles. The van der Waals surface area contributed by atoms with Gasteiger partial charge in [-0.05, 0) is 40.5 Å². The van der Waals surface area contributed by atoms with Gasteiger partial charge in [0.1, 0.15) is 11.6 Å². The molecule has 0 fully saturated rings. The van der Waals surface area contributed by atoms with Crippen molar-refractivity contribution in [3.8, 4) is 17.0 Å². The van der Waals surface area contributed by atoms with Gasteiger partial charge in [0, 0.05) is 36.8 Å². The molecule has 2 aromatic heterocycles. The fourth-order valence-electron chi connectivity index (χ4n) is 3.30. The molecule has 0 radical (unpaired) electrons. The molecule has 2 heterocycles. The van der Waals surface area contributed by atoms with Crippen molar-refractivity contribution in [3.05, 3.63) is 76.4 Å².